The van der Waals surface area contributed by atoms with Gasteiger partial charge in [-0.25, -0.2) is 0 Å². The van der Waals surface area contributed by atoms with E-state index in [1.807, 2.05) is 72.8 Å². The second-order valence-electron chi connectivity index (χ2n) is 8.01. The molecule has 3 aromatic carbocycles. The number of hydrogen-bond donors (Lipinski definition) is 1. The first-order valence-electron chi connectivity index (χ1n) is 11.0. The number of rotatable bonds is 9. The van der Waals surface area contributed by atoms with Gasteiger partial charge in [-0.05, 0) is 41.3 Å². The van der Waals surface area contributed by atoms with Gasteiger partial charge in [0.25, 0.3) is 5.91 Å². The molecule has 0 radical (unpaired) electrons. The molecule has 33 heavy (non-hydrogen) atoms. The predicted octanol–water partition coefficient (Wildman–Crippen LogP) is 4.15. The van der Waals surface area contributed by atoms with Crippen molar-refractivity contribution < 1.29 is 19.1 Å². The van der Waals surface area contributed by atoms with Gasteiger partial charge in [-0.1, -0.05) is 54.6 Å². The van der Waals surface area contributed by atoms with Gasteiger partial charge < -0.3 is 19.7 Å². The van der Waals surface area contributed by atoms with Gasteiger partial charge in [-0.15, -0.1) is 0 Å². The van der Waals surface area contributed by atoms with Gasteiger partial charge in [0.2, 0.25) is 5.91 Å². The fraction of sp³-hybridized carbons (Fsp3) is 0.259. The molecule has 4 rings (SSSR count). The predicted molar refractivity (Wildman–Crippen MR) is 126 cm³/mol. The first-order chi connectivity index (χ1) is 16.1. The van der Waals surface area contributed by atoms with Crippen LogP contribution >= 0.6 is 0 Å². The summed E-state index contributed by atoms with van der Waals surface area (Å²) >= 11 is 0. The van der Waals surface area contributed by atoms with Crippen LogP contribution in [0.15, 0.2) is 72.8 Å². The van der Waals surface area contributed by atoms with E-state index in [-0.39, 0.29) is 18.2 Å². The van der Waals surface area contributed by atoms with Crippen LogP contribution in [0, 0.1) is 0 Å². The summed E-state index contributed by atoms with van der Waals surface area (Å²) in [5.41, 5.74) is 3.65. The number of carbonyl (C=O) groups excluding carboxylic acids is 2. The summed E-state index contributed by atoms with van der Waals surface area (Å²) in [5, 5.41) is 3.01. The van der Waals surface area contributed by atoms with E-state index >= 15 is 0 Å². The molecule has 0 unspecified atom stereocenters. The third-order valence-electron chi connectivity index (χ3n) is 5.98. The average molecular weight is 445 g/mol. The van der Waals surface area contributed by atoms with E-state index in [9.17, 15) is 9.59 Å². The Kier molecular flexibility index (Phi) is 6.93. The Labute approximate surface area is 194 Å². The molecule has 3 aromatic rings. The van der Waals surface area contributed by atoms with Crippen molar-refractivity contribution in [1.82, 2.24) is 10.2 Å². The molecule has 0 fully saturated rings. The topological polar surface area (TPSA) is 67.9 Å². The highest BCUT2D eigenvalue weighted by atomic mass is 16.5. The van der Waals surface area contributed by atoms with Crippen molar-refractivity contribution in [2.45, 2.75) is 25.4 Å². The summed E-state index contributed by atoms with van der Waals surface area (Å²) in [6, 6.07) is 22.7. The first-order valence-corrected chi connectivity index (χ1v) is 11.0. The molecule has 0 bridgehead atoms. The molecule has 6 nitrogen and oxygen atoms in total. The minimum atomic E-state index is -0.429. The number of amides is 2. The fourth-order valence-electron chi connectivity index (χ4n) is 4.24. The highest BCUT2D eigenvalue weighted by Gasteiger charge is 2.34. The molecule has 2 amide bonds. The molecular weight excluding hydrogens is 416 g/mol. The van der Waals surface area contributed by atoms with Gasteiger partial charge in [-0.2, -0.15) is 0 Å². The minimum absolute atomic E-state index is 0.0672. The Hall–Kier alpha value is -3.80. The number of benzene rings is 3. The molecule has 1 atom stereocenters. The van der Waals surface area contributed by atoms with Crippen LogP contribution in [0.2, 0.25) is 0 Å². The van der Waals surface area contributed by atoms with Crippen molar-refractivity contribution in [3.8, 4) is 11.5 Å². The van der Waals surface area contributed by atoms with E-state index in [1.54, 1.807) is 19.1 Å². The lowest BCUT2D eigenvalue weighted by Gasteiger charge is -2.28. The molecular formula is C27H28N2O4. The molecule has 1 heterocycles. The lowest BCUT2D eigenvalue weighted by Crippen LogP contribution is -2.35. The van der Waals surface area contributed by atoms with E-state index in [0.717, 1.165) is 17.5 Å². The molecule has 1 aliphatic heterocycles. The van der Waals surface area contributed by atoms with E-state index in [1.165, 1.54) is 5.56 Å². The summed E-state index contributed by atoms with van der Waals surface area (Å²) in [4.78, 5) is 27.9. The maximum absolute atomic E-state index is 13.2. The van der Waals surface area contributed by atoms with Crippen LogP contribution < -0.4 is 14.8 Å². The third-order valence-corrected chi connectivity index (χ3v) is 5.98. The zero-order valence-electron chi connectivity index (χ0n) is 18.9. The quantitative estimate of drug-likeness (QED) is 0.538. The van der Waals surface area contributed by atoms with Gasteiger partial charge in [0.1, 0.15) is 0 Å². The maximum atomic E-state index is 13.2. The Morgan fingerprint density at radius 3 is 2.42 bits per heavy atom. The second-order valence-corrected chi connectivity index (χ2v) is 8.01. The van der Waals surface area contributed by atoms with Crippen LogP contribution in [0.4, 0.5) is 0 Å². The van der Waals surface area contributed by atoms with Gasteiger partial charge in [0, 0.05) is 18.7 Å². The van der Waals surface area contributed by atoms with E-state index in [0.29, 0.717) is 30.2 Å². The van der Waals surface area contributed by atoms with Crippen molar-refractivity contribution in [3.63, 3.8) is 0 Å². The lowest BCUT2D eigenvalue weighted by atomic mass is 10.0. The van der Waals surface area contributed by atoms with Crippen LogP contribution in [0.5, 0.6) is 11.5 Å². The van der Waals surface area contributed by atoms with Crippen molar-refractivity contribution in [2.75, 3.05) is 20.8 Å². The largest absolute Gasteiger partial charge is 0.493 e. The summed E-state index contributed by atoms with van der Waals surface area (Å²) in [5.74, 6) is 0.994. The number of nitrogens with one attached hydrogen (secondary N) is 1. The highest BCUT2D eigenvalue weighted by Crippen LogP contribution is 2.37. The highest BCUT2D eigenvalue weighted by molar-refractivity contribution is 5.98. The van der Waals surface area contributed by atoms with E-state index in [2.05, 4.69) is 5.32 Å². The number of carbonyl (C=O) groups is 2. The summed E-state index contributed by atoms with van der Waals surface area (Å²) in [6.45, 7) is 1.00. The molecule has 0 aromatic heterocycles. The molecule has 6 heteroatoms. The average Bonchev–Trinajstić information content (AvgIpc) is 3.19. The van der Waals surface area contributed by atoms with Crippen LogP contribution in [0.3, 0.4) is 0 Å². The monoisotopic (exact) mass is 444 g/mol. The van der Waals surface area contributed by atoms with Gasteiger partial charge in [-0.3, -0.25) is 9.59 Å². The van der Waals surface area contributed by atoms with Crippen molar-refractivity contribution >= 4 is 11.8 Å². The van der Waals surface area contributed by atoms with Crippen molar-refractivity contribution in [2.24, 2.45) is 0 Å². The third kappa shape index (κ3) is 5.00. The van der Waals surface area contributed by atoms with Gasteiger partial charge in [0.15, 0.2) is 11.5 Å². The summed E-state index contributed by atoms with van der Waals surface area (Å²) in [6.07, 6.45) is 0.908. The lowest BCUT2D eigenvalue weighted by molar-refractivity contribution is -0.122. The SMILES string of the molecule is COc1ccc([C@H](CC(=O)NCCc2ccccc2)N2Cc3ccccc3C2=O)cc1OC. The zero-order valence-corrected chi connectivity index (χ0v) is 18.9. The van der Waals surface area contributed by atoms with Crippen LogP contribution in [-0.4, -0.2) is 37.5 Å². The van der Waals surface area contributed by atoms with Gasteiger partial charge >= 0.3 is 0 Å². The minimum Gasteiger partial charge on any atom is -0.493 e. The maximum Gasteiger partial charge on any atom is 0.255 e. The number of methoxy groups -OCH3 is 2. The molecule has 0 saturated carbocycles. The number of fused-ring (bicyclic) bond motifs is 1. The van der Waals surface area contributed by atoms with Crippen LogP contribution in [-0.2, 0) is 17.8 Å². The Morgan fingerprint density at radius 2 is 1.70 bits per heavy atom. The smallest absolute Gasteiger partial charge is 0.255 e. The van der Waals surface area contributed by atoms with E-state index in [4.69, 9.17) is 9.47 Å². The summed E-state index contributed by atoms with van der Waals surface area (Å²) in [7, 11) is 3.15. The number of ether oxygens (including phenoxy) is 2. The number of hydrogen-bond acceptors (Lipinski definition) is 4. The molecule has 0 saturated heterocycles. The Bertz CT molecular complexity index is 1130. The fourth-order valence-corrected chi connectivity index (χ4v) is 4.24. The summed E-state index contributed by atoms with van der Waals surface area (Å²) < 4.78 is 10.8. The molecule has 1 aliphatic rings. The van der Waals surface area contributed by atoms with Gasteiger partial charge in [0.05, 0.1) is 26.7 Å². The second kappa shape index (κ2) is 10.2. The van der Waals surface area contributed by atoms with E-state index < -0.39 is 6.04 Å². The molecule has 1 N–H and O–H groups in total. The van der Waals surface area contributed by atoms with Crippen molar-refractivity contribution in [3.05, 3.63) is 95.1 Å². The standard InChI is InChI=1S/C27H28N2O4/c1-32-24-13-12-20(16-25(24)33-2)23(29-18-21-10-6-7-11-22(21)27(29)31)17-26(30)28-15-14-19-8-4-3-5-9-19/h3-13,16,23H,14-15,17-18H2,1-2H3,(H,28,30)/t23-/m0/s1. The van der Waals surface area contributed by atoms with Crippen LogP contribution in [0.25, 0.3) is 0 Å². The Balaban J connectivity index is 1.54. The Morgan fingerprint density at radius 1 is 0.970 bits per heavy atom. The van der Waals surface area contributed by atoms with Crippen LogP contribution in [0.1, 0.15) is 39.5 Å². The van der Waals surface area contributed by atoms with Crippen molar-refractivity contribution in [1.29, 1.82) is 0 Å². The molecule has 170 valence electrons. The first kappa shape index (κ1) is 22.4. The zero-order chi connectivity index (χ0) is 23.2. The normalized spacial score (nSPS) is 13.4. The number of nitrogens with zero attached hydrogens (tertiary/aromatic N) is 1. The molecule has 0 spiro atoms. The molecule has 0 aliphatic carbocycles.